The molecule has 0 fully saturated rings. The molecule has 0 radical (unpaired) electrons. The standard InChI is InChI=1S/C12H11Br/c13-8-2-1-3-10-4-5-11-6-7-12(11)9-10/h4-5,9H,2,6-8H2. The molecule has 0 heterocycles. The molecule has 0 amide bonds. The van der Waals surface area contributed by atoms with Gasteiger partial charge < -0.3 is 0 Å². The van der Waals surface area contributed by atoms with Crippen molar-refractivity contribution in [3.63, 3.8) is 0 Å². The molecule has 0 atom stereocenters. The first-order valence-corrected chi connectivity index (χ1v) is 5.69. The molecule has 1 aliphatic carbocycles. The van der Waals surface area contributed by atoms with Gasteiger partial charge >= 0.3 is 0 Å². The van der Waals surface area contributed by atoms with Crippen molar-refractivity contribution in [2.24, 2.45) is 0 Å². The van der Waals surface area contributed by atoms with Gasteiger partial charge in [-0.05, 0) is 36.1 Å². The van der Waals surface area contributed by atoms with Crippen molar-refractivity contribution in [2.75, 3.05) is 5.33 Å². The van der Waals surface area contributed by atoms with Gasteiger partial charge in [-0.1, -0.05) is 33.8 Å². The van der Waals surface area contributed by atoms with Crippen LogP contribution in [-0.2, 0) is 12.8 Å². The highest BCUT2D eigenvalue weighted by Gasteiger charge is 2.11. The molecule has 1 heteroatoms. The summed E-state index contributed by atoms with van der Waals surface area (Å²) in [5, 5.41) is 0.963. The lowest BCUT2D eigenvalue weighted by Gasteiger charge is -2.17. The number of hydrogen-bond donors (Lipinski definition) is 0. The molecular formula is C12H11Br. The Morgan fingerprint density at radius 1 is 1.23 bits per heavy atom. The fraction of sp³-hybridized carbons (Fsp3) is 0.333. The van der Waals surface area contributed by atoms with E-state index in [2.05, 4.69) is 46.0 Å². The van der Waals surface area contributed by atoms with Gasteiger partial charge in [0, 0.05) is 17.3 Å². The van der Waals surface area contributed by atoms with E-state index in [1.54, 1.807) is 0 Å². The minimum Gasteiger partial charge on any atom is -0.0970 e. The van der Waals surface area contributed by atoms with Crippen LogP contribution in [0.5, 0.6) is 0 Å². The number of alkyl halides is 1. The fourth-order valence-corrected chi connectivity index (χ4v) is 1.68. The van der Waals surface area contributed by atoms with Gasteiger partial charge in [-0.25, -0.2) is 0 Å². The lowest BCUT2D eigenvalue weighted by molar-refractivity contribution is 0.838. The van der Waals surface area contributed by atoms with Gasteiger partial charge in [-0.3, -0.25) is 0 Å². The van der Waals surface area contributed by atoms with Crippen LogP contribution >= 0.6 is 15.9 Å². The number of hydrogen-bond acceptors (Lipinski definition) is 0. The summed E-state index contributed by atoms with van der Waals surface area (Å²) in [6.07, 6.45) is 3.42. The molecular weight excluding hydrogens is 224 g/mol. The monoisotopic (exact) mass is 234 g/mol. The molecule has 0 nitrogen and oxygen atoms in total. The van der Waals surface area contributed by atoms with E-state index in [-0.39, 0.29) is 0 Å². The predicted molar refractivity (Wildman–Crippen MR) is 59.1 cm³/mol. The van der Waals surface area contributed by atoms with E-state index in [1.165, 1.54) is 29.5 Å². The largest absolute Gasteiger partial charge is 0.0970 e. The van der Waals surface area contributed by atoms with Crippen LogP contribution in [0.25, 0.3) is 0 Å². The molecule has 13 heavy (non-hydrogen) atoms. The maximum absolute atomic E-state index is 3.36. The van der Waals surface area contributed by atoms with Crippen LogP contribution in [0.15, 0.2) is 18.2 Å². The number of benzene rings is 1. The Balaban J connectivity index is 2.14. The zero-order valence-electron chi connectivity index (χ0n) is 7.44. The predicted octanol–water partition coefficient (Wildman–Crippen LogP) is 2.92. The quantitative estimate of drug-likeness (QED) is 0.518. The average molecular weight is 235 g/mol. The van der Waals surface area contributed by atoms with Crippen molar-refractivity contribution in [2.45, 2.75) is 19.3 Å². The third-order valence-corrected chi connectivity index (χ3v) is 2.72. The molecule has 66 valence electrons. The van der Waals surface area contributed by atoms with E-state index in [0.717, 1.165) is 11.8 Å². The van der Waals surface area contributed by atoms with Gasteiger partial charge in [-0.15, -0.1) is 0 Å². The molecule has 1 aromatic rings. The normalized spacial score (nSPS) is 12.4. The van der Waals surface area contributed by atoms with E-state index in [0.29, 0.717) is 0 Å². The van der Waals surface area contributed by atoms with E-state index >= 15 is 0 Å². The van der Waals surface area contributed by atoms with Crippen LogP contribution in [0.2, 0.25) is 0 Å². The second-order valence-corrected chi connectivity index (χ2v) is 4.02. The SMILES string of the molecule is BrCCC#Cc1ccc2c(c1)CC2. The summed E-state index contributed by atoms with van der Waals surface area (Å²) in [5.41, 5.74) is 4.16. The Morgan fingerprint density at radius 3 is 2.69 bits per heavy atom. The van der Waals surface area contributed by atoms with Crippen molar-refractivity contribution in [3.8, 4) is 11.8 Å². The van der Waals surface area contributed by atoms with Crippen molar-refractivity contribution < 1.29 is 0 Å². The van der Waals surface area contributed by atoms with Crippen molar-refractivity contribution in [1.29, 1.82) is 0 Å². The first kappa shape index (κ1) is 8.84. The molecule has 0 N–H and O–H groups in total. The van der Waals surface area contributed by atoms with Gasteiger partial charge in [0.25, 0.3) is 0 Å². The highest BCUT2D eigenvalue weighted by Crippen LogP contribution is 2.23. The smallest absolute Gasteiger partial charge is 0.0248 e. The summed E-state index contributed by atoms with van der Waals surface area (Å²) >= 11 is 3.36. The molecule has 0 spiro atoms. The Hall–Kier alpha value is -0.740. The molecule has 0 saturated heterocycles. The summed E-state index contributed by atoms with van der Waals surface area (Å²) in [6.45, 7) is 0. The number of aryl methyl sites for hydroxylation is 2. The van der Waals surface area contributed by atoms with Crippen LogP contribution in [0, 0.1) is 11.8 Å². The van der Waals surface area contributed by atoms with Gasteiger partial charge in [0.15, 0.2) is 0 Å². The highest BCUT2D eigenvalue weighted by atomic mass is 79.9. The van der Waals surface area contributed by atoms with Crippen LogP contribution in [0.1, 0.15) is 23.1 Å². The number of fused-ring (bicyclic) bond motifs is 1. The third kappa shape index (κ3) is 1.95. The maximum atomic E-state index is 3.36. The zero-order valence-corrected chi connectivity index (χ0v) is 9.02. The molecule has 0 aliphatic heterocycles. The van der Waals surface area contributed by atoms with Gasteiger partial charge in [-0.2, -0.15) is 0 Å². The Labute approximate surface area is 87.5 Å². The first-order valence-electron chi connectivity index (χ1n) is 4.57. The first-order chi connectivity index (χ1) is 6.40. The van der Waals surface area contributed by atoms with Gasteiger partial charge in [0.2, 0.25) is 0 Å². The maximum Gasteiger partial charge on any atom is 0.0248 e. The Bertz CT molecular complexity index is 368. The van der Waals surface area contributed by atoms with Crippen LogP contribution in [-0.4, -0.2) is 5.33 Å². The fourth-order valence-electron chi connectivity index (χ4n) is 1.48. The Morgan fingerprint density at radius 2 is 2.08 bits per heavy atom. The third-order valence-electron chi connectivity index (χ3n) is 2.32. The Kier molecular flexibility index (Phi) is 2.71. The molecule has 0 saturated carbocycles. The summed E-state index contributed by atoms with van der Waals surface area (Å²) in [6, 6.07) is 6.55. The molecule has 0 aromatic heterocycles. The molecule has 1 aromatic carbocycles. The molecule has 0 unspecified atom stereocenters. The summed E-state index contributed by atoms with van der Waals surface area (Å²) < 4.78 is 0. The lowest BCUT2D eigenvalue weighted by atomic mass is 9.87. The van der Waals surface area contributed by atoms with Gasteiger partial charge in [0.1, 0.15) is 0 Å². The van der Waals surface area contributed by atoms with Crippen molar-refractivity contribution >= 4 is 15.9 Å². The van der Waals surface area contributed by atoms with E-state index in [4.69, 9.17) is 0 Å². The van der Waals surface area contributed by atoms with E-state index in [9.17, 15) is 0 Å². The van der Waals surface area contributed by atoms with Crippen molar-refractivity contribution in [1.82, 2.24) is 0 Å². The number of halogens is 1. The lowest BCUT2D eigenvalue weighted by Crippen LogP contribution is -2.07. The van der Waals surface area contributed by atoms with Crippen molar-refractivity contribution in [3.05, 3.63) is 34.9 Å². The average Bonchev–Trinajstić information content (AvgIpc) is 2.10. The van der Waals surface area contributed by atoms with Crippen LogP contribution < -0.4 is 0 Å². The molecule has 1 aliphatic rings. The second-order valence-electron chi connectivity index (χ2n) is 3.22. The van der Waals surface area contributed by atoms with E-state index < -0.39 is 0 Å². The topological polar surface area (TPSA) is 0 Å². The molecule has 0 bridgehead atoms. The summed E-state index contributed by atoms with van der Waals surface area (Å²) in [4.78, 5) is 0. The molecule has 2 rings (SSSR count). The highest BCUT2D eigenvalue weighted by molar-refractivity contribution is 9.09. The summed E-state index contributed by atoms with van der Waals surface area (Å²) in [5.74, 6) is 6.29. The minimum absolute atomic E-state index is 0.928. The zero-order chi connectivity index (χ0) is 9.10. The number of rotatable bonds is 1. The van der Waals surface area contributed by atoms with Crippen LogP contribution in [0.3, 0.4) is 0 Å². The minimum atomic E-state index is 0.928. The van der Waals surface area contributed by atoms with Crippen LogP contribution in [0.4, 0.5) is 0 Å². The second kappa shape index (κ2) is 3.98. The van der Waals surface area contributed by atoms with Gasteiger partial charge in [0.05, 0.1) is 0 Å². The summed E-state index contributed by atoms with van der Waals surface area (Å²) in [7, 11) is 0. The van der Waals surface area contributed by atoms with E-state index in [1.807, 2.05) is 0 Å².